The number of nitrogens with zero attached hydrogens (tertiary/aromatic N) is 2. The van der Waals surface area contributed by atoms with E-state index in [2.05, 4.69) is 21.9 Å². The smallest absolute Gasteiger partial charge is 0.248 e. The molecule has 0 fully saturated rings. The zero-order valence-electron chi connectivity index (χ0n) is 11.0. The maximum absolute atomic E-state index is 11.1. The molecule has 2 aromatic rings. The van der Waals surface area contributed by atoms with Gasteiger partial charge in [0.05, 0.1) is 11.9 Å². The number of hydrogen-bond acceptors (Lipinski definition) is 5. The van der Waals surface area contributed by atoms with Crippen molar-refractivity contribution in [3.63, 3.8) is 0 Å². The minimum Gasteiger partial charge on any atom is -0.435 e. The van der Waals surface area contributed by atoms with E-state index >= 15 is 0 Å². The summed E-state index contributed by atoms with van der Waals surface area (Å²) in [6.45, 7) is 5.25. The maximum Gasteiger partial charge on any atom is 0.248 e. The van der Waals surface area contributed by atoms with E-state index < -0.39 is 0 Å². The fourth-order valence-electron chi connectivity index (χ4n) is 1.47. The monoisotopic (exact) mass is 270 g/mol. The van der Waals surface area contributed by atoms with E-state index in [4.69, 9.17) is 10.5 Å². The molecule has 2 heterocycles. The summed E-state index contributed by atoms with van der Waals surface area (Å²) in [5.74, 6) is 0.882. The normalized spacial score (nSPS) is 9.85. The fourth-order valence-corrected chi connectivity index (χ4v) is 1.47. The Balaban J connectivity index is 2.10. The van der Waals surface area contributed by atoms with Gasteiger partial charge in [-0.25, -0.2) is 9.97 Å². The van der Waals surface area contributed by atoms with E-state index in [1.165, 1.54) is 12.3 Å². The van der Waals surface area contributed by atoms with Crippen LogP contribution in [0.4, 0.5) is 11.5 Å². The molecular weight excluding hydrogens is 256 g/mol. The second-order valence-corrected chi connectivity index (χ2v) is 4.08. The highest BCUT2D eigenvalue weighted by molar-refractivity contribution is 5.98. The van der Waals surface area contributed by atoms with Crippen LogP contribution in [0.5, 0.6) is 11.6 Å². The Labute approximate surface area is 116 Å². The lowest BCUT2D eigenvalue weighted by Gasteiger charge is -2.08. The van der Waals surface area contributed by atoms with E-state index in [1.807, 2.05) is 6.92 Å². The molecule has 0 aliphatic rings. The van der Waals surface area contributed by atoms with Crippen molar-refractivity contribution in [1.29, 1.82) is 0 Å². The third kappa shape index (κ3) is 3.32. The van der Waals surface area contributed by atoms with Crippen molar-refractivity contribution >= 4 is 17.4 Å². The summed E-state index contributed by atoms with van der Waals surface area (Å²) >= 11 is 0. The summed E-state index contributed by atoms with van der Waals surface area (Å²) in [5, 5.41) is 2.54. The molecule has 2 aromatic heterocycles. The molecule has 0 atom stereocenters. The van der Waals surface area contributed by atoms with Gasteiger partial charge in [0.15, 0.2) is 0 Å². The zero-order valence-corrected chi connectivity index (χ0v) is 11.0. The molecule has 1 amide bonds. The molecule has 102 valence electrons. The fraction of sp³-hybridized carbons (Fsp3) is 0.0714. The maximum atomic E-state index is 11.1. The minimum absolute atomic E-state index is 0.320. The Morgan fingerprint density at radius 1 is 1.40 bits per heavy atom. The number of hydrogen-bond donors (Lipinski definition) is 2. The molecule has 6 heteroatoms. The number of nitrogen functional groups attached to an aromatic ring is 1. The number of aromatic nitrogens is 2. The van der Waals surface area contributed by atoms with Gasteiger partial charge in [0.25, 0.3) is 0 Å². The van der Waals surface area contributed by atoms with Crippen LogP contribution in [-0.2, 0) is 4.79 Å². The lowest BCUT2D eigenvalue weighted by atomic mass is 10.3. The molecule has 2 rings (SSSR count). The van der Waals surface area contributed by atoms with Crippen LogP contribution >= 0.6 is 0 Å². The van der Waals surface area contributed by atoms with Gasteiger partial charge in [-0.05, 0) is 36.8 Å². The number of anilines is 2. The van der Waals surface area contributed by atoms with Crippen LogP contribution in [0.25, 0.3) is 0 Å². The molecular formula is C14H14N4O2. The highest BCUT2D eigenvalue weighted by atomic mass is 16.5. The highest BCUT2D eigenvalue weighted by Gasteiger charge is 2.05. The third-order valence-electron chi connectivity index (χ3n) is 2.40. The average molecular weight is 270 g/mol. The molecule has 0 radical (unpaired) electrons. The summed E-state index contributed by atoms with van der Waals surface area (Å²) in [6, 6.07) is 5.04. The van der Waals surface area contributed by atoms with Crippen molar-refractivity contribution < 1.29 is 9.53 Å². The van der Waals surface area contributed by atoms with E-state index in [0.29, 0.717) is 23.1 Å². The largest absolute Gasteiger partial charge is 0.435 e. The Bertz CT molecular complexity index is 638. The molecule has 0 aromatic carbocycles. The first-order valence-electron chi connectivity index (χ1n) is 5.88. The summed E-state index contributed by atoms with van der Waals surface area (Å²) in [4.78, 5) is 19.2. The number of aryl methyl sites for hydroxylation is 1. The number of nitrogens with one attached hydrogen (secondary N) is 1. The topological polar surface area (TPSA) is 90.1 Å². The van der Waals surface area contributed by atoms with Gasteiger partial charge in [-0.1, -0.05) is 6.58 Å². The summed E-state index contributed by atoms with van der Waals surface area (Å²) < 4.78 is 5.52. The number of amides is 1. The Morgan fingerprint density at radius 2 is 2.20 bits per heavy atom. The van der Waals surface area contributed by atoms with E-state index in [1.54, 1.807) is 24.4 Å². The highest BCUT2D eigenvalue weighted by Crippen LogP contribution is 2.25. The Morgan fingerprint density at radius 3 is 2.80 bits per heavy atom. The number of ether oxygens (including phenoxy) is 1. The van der Waals surface area contributed by atoms with Crippen molar-refractivity contribution in [3.05, 3.63) is 48.8 Å². The SMILES string of the molecule is C=CC(=O)Nc1ccc(Oc2ncc(C)cc2N)cn1. The number of carbonyl (C=O) groups excluding carboxylic acids is 1. The second kappa shape index (κ2) is 5.83. The van der Waals surface area contributed by atoms with Crippen LogP contribution in [0.15, 0.2) is 43.2 Å². The first kappa shape index (κ1) is 13.5. The van der Waals surface area contributed by atoms with Crippen LogP contribution < -0.4 is 15.8 Å². The quantitative estimate of drug-likeness (QED) is 0.832. The zero-order chi connectivity index (χ0) is 14.5. The molecule has 0 bridgehead atoms. The number of rotatable bonds is 4. The Hall–Kier alpha value is -2.89. The van der Waals surface area contributed by atoms with Crippen LogP contribution in [0.2, 0.25) is 0 Å². The second-order valence-electron chi connectivity index (χ2n) is 4.08. The van der Waals surface area contributed by atoms with Gasteiger partial charge in [0.2, 0.25) is 11.8 Å². The molecule has 0 saturated carbocycles. The van der Waals surface area contributed by atoms with Gasteiger partial charge in [0.1, 0.15) is 11.6 Å². The van der Waals surface area contributed by atoms with Crippen LogP contribution in [0, 0.1) is 6.92 Å². The van der Waals surface area contributed by atoms with E-state index in [9.17, 15) is 4.79 Å². The standard InChI is InChI=1S/C14H14N4O2/c1-3-13(19)18-12-5-4-10(8-16-12)20-14-11(15)6-9(2)7-17-14/h3-8H,1,15H2,2H3,(H,16,18,19). The molecule has 0 spiro atoms. The Kier molecular flexibility index (Phi) is 3.95. The molecule has 3 N–H and O–H groups in total. The summed E-state index contributed by atoms with van der Waals surface area (Å²) in [6.07, 6.45) is 4.31. The average Bonchev–Trinajstić information content (AvgIpc) is 2.44. The van der Waals surface area contributed by atoms with Gasteiger partial charge in [-0.15, -0.1) is 0 Å². The van der Waals surface area contributed by atoms with Gasteiger partial charge in [0, 0.05) is 6.20 Å². The lowest BCUT2D eigenvalue weighted by Crippen LogP contribution is -2.08. The number of nitrogens with two attached hydrogens (primary N) is 1. The first-order chi connectivity index (χ1) is 9.58. The molecule has 20 heavy (non-hydrogen) atoms. The summed E-state index contributed by atoms with van der Waals surface area (Å²) in [5.41, 5.74) is 7.21. The van der Waals surface area contributed by atoms with Gasteiger partial charge < -0.3 is 15.8 Å². The van der Waals surface area contributed by atoms with Crippen molar-refractivity contribution in [2.45, 2.75) is 6.92 Å². The van der Waals surface area contributed by atoms with Crippen molar-refractivity contribution in [2.24, 2.45) is 0 Å². The van der Waals surface area contributed by atoms with Crippen LogP contribution in [0.1, 0.15) is 5.56 Å². The van der Waals surface area contributed by atoms with Gasteiger partial charge in [-0.3, -0.25) is 4.79 Å². The van der Waals surface area contributed by atoms with Crippen molar-refractivity contribution in [2.75, 3.05) is 11.1 Å². The van der Waals surface area contributed by atoms with Crippen molar-refractivity contribution in [1.82, 2.24) is 9.97 Å². The van der Waals surface area contributed by atoms with E-state index in [-0.39, 0.29) is 5.91 Å². The molecule has 0 aliphatic carbocycles. The predicted molar refractivity (Wildman–Crippen MR) is 76.5 cm³/mol. The minimum atomic E-state index is -0.324. The molecule has 0 saturated heterocycles. The summed E-state index contributed by atoms with van der Waals surface area (Å²) in [7, 11) is 0. The number of carbonyl (C=O) groups is 1. The van der Waals surface area contributed by atoms with Crippen LogP contribution in [0.3, 0.4) is 0 Å². The first-order valence-corrected chi connectivity index (χ1v) is 5.88. The van der Waals surface area contributed by atoms with Gasteiger partial charge >= 0.3 is 0 Å². The van der Waals surface area contributed by atoms with Gasteiger partial charge in [-0.2, -0.15) is 0 Å². The lowest BCUT2D eigenvalue weighted by molar-refractivity contribution is -0.111. The predicted octanol–water partition coefficient (Wildman–Crippen LogP) is 2.28. The van der Waals surface area contributed by atoms with Crippen molar-refractivity contribution in [3.8, 4) is 11.6 Å². The number of pyridine rings is 2. The third-order valence-corrected chi connectivity index (χ3v) is 2.40. The van der Waals surface area contributed by atoms with Crippen LogP contribution in [-0.4, -0.2) is 15.9 Å². The molecule has 0 aliphatic heterocycles. The van der Waals surface area contributed by atoms with E-state index in [0.717, 1.165) is 5.56 Å². The molecule has 6 nitrogen and oxygen atoms in total. The molecule has 0 unspecified atom stereocenters.